The van der Waals surface area contributed by atoms with Crippen molar-refractivity contribution in [2.45, 2.75) is 336 Å². The van der Waals surface area contributed by atoms with Crippen molar-refractivity contribution in [3.63, 3.8) is 0 Å². The highest BCUT2D eigenvalue weighted by Gasteiger charge is 2.35. The van der Waals surface area contributed by atoms with E-state index in [2.05, 4.69) is 108 Å². The number of ether oxygens (including phenoxy) is 3. The van der Waals surface area contributed by atoms with Crippen LogP contribution in [0.2, 0.25) is 20.1 Å². The third-order valence-corrected chi connectivity index (χ3v) is 27.1. The van der Waals surface area contributed by atoms with Gasteiger partial charge in [0.15, 0.2) is 29.2 Å². The zero-order chi connectivity index (χ0) is 78.7. The van der Waals surface area contributed by atoms with Gasteiger partial charge in [0.1, 0.15) is 16.6 Å². The molecule has 0 saturated heterocycles. The van der Waals surface area contributed by atoms with Gasteiger partial charge < -0.3 is 14.2 Å². The summed E-state index contributed by atoms with van der Waals surface area (Å²) in [6.45, 7) is 18.1. The Morgan fingerprint density at radius 1 is 0.364 bits per heavy atom. The van der Waals surface area contributed by atoms with E-state index in [0.29, 0.717) is 40.5 Å². The third-order valence-electron chi connectivity index (χ3n) is 25.5. The monoisotopic (exact) mass is 1590 g/mol. The molecule has 0 spiro atoms. The molecule has 0 heterocycles. The Bertz CT molecular complexity index is 3640. The molecule has 6 aromatic rings. The van der Waals surface area contributed by atoms with Crippen molar-refractivity contribution in [1.29, 1.82) is 0 Å². The third kappa shape index (κ3) is 27.1. The van der Waals surface area contributed by atoms with E-state index in [1.165, 1.54) is 190 Å². The number of hydrogen-bond donors (Lipinski definition) is 0. The average Bonchev–Trinajstić information content (AvgIpc) is 0.819. The van der Waals surface area contributed by atoms with Gasteiger partial charge in [0.05, 0.1) is 28.3 Å². The van der Waals surface area contributed by atoms with Crippen LogP contribution >= 0.6 is 46.4 Å². The fourth-order valence-corrected chi connectivity index (χ4v) is 19.9. The number of aryl methyl sites for hydroxylation is 2. The standard InChI is InChI=1S/C29H42ClFO.C28H32Cl2.C23H34F2O.C19H28ClFO/c1-4-7-8-10-25(6-3)32-27-20-19-26(29(31)28(27)30)24-17-15-23(16-18-24)22-13-11-21(9-5-2)12-14-22;1-3-5-7-9-21-11-13-22(14-12-21)23-15-17-24(18-16-23)26-20-19-25(10-8-6-4-2)27(29)28(26)30;1-3-5-16-6-8-17(9-7-16)18-10-12-19(13-11-18)20-14-15-21(26-4-2)23(25)22(20)24;1-3-5-6-14-7-9-15(10-8-14)16-11-12-17(22-13-4-2)19(21)18(16)20/h3,19-25H,4-5,7-18H2,1-2H3;11-20H,3-10H2,1-2H3;14-19H,3-13H2,1-2H3;11-12,14-15H,3-10,13H2,1-2H3. The van der Waals surface area contributed by atoms with E-state index in [-0.39, 0.29) is 51.1 Å². The highest BCUT2D eigenvalue weighted by molar-refractivity contribution is 6.44. The van der Waals surface area contributed by atoms with Crippen LogP contribution in [-0.2, 0) is 12.8 Å². The molecule has 0 amide bonds. The Labute approximate surface area is 684 Å². The molecule has 606 valence electrons. The van der Waals surface area contributed by atoms with Crippen LogP contribution in [0.4, 0.5) is 17.6 Å². The van der Waals surface area contributed by atoms with E-state index in [0.717, 1.165) is 153 Å². The van der Waals surface area contributed by atoms with Gasteiger partial charge in [-0.05, 0) is 276 Å². The van der Waals surface area contributed by atoms with Crippen LogP contribution < -0.4 is 14.2 Å². The Morgan fingerprint density at radius 3 is 1.31 bits per heavy atom. The van der Waals surface area contributed by atoms with Gasteiger partial charge >= 0.3 is 0 Å². The Hall–Kier alpha value is -4.84. The molecule has 5 fully saturated rings. The van der Waals surface area contributed by atoms with Crippen LogP contribution in [0.25, 0.3) is 22.3 Å². The van der Waals surface area contributed by atoms with Crippen molar-refractivity contribution in [3.05, 3.63) is 168 Å². The summed E-state index contributed by atoms with van der Waals surface area (Å²) in [5, 5.41) is 1.73. The minimum absolute atomic E-state index is 0.0336. The summed E-state index contributed by atoms with van der Waals surface area (Å²) in [7, 11) is 0. The highest BCUT2D eigenvalue weighted by Crippen LogP contribution is 2.49. The van der Waals surface area contributed by atoms with Crippen LogP contribution in [0.1, 0.15) is 345 Å². The van der Waals surface area contributed by atoms with Gasteiger partial charge in [0.2, 0.25) is 5.82 Å². The first-order chi connectivity index (χ1) is 53.5. The number of unbranched alkanes of at least 4 members (excludes halogenated alkanes) is 7. The summed E-state index contributed by atoms with van der Waals surface area (Å²) in [6.07, 6.45) is 53.9. The maximum atomic E-state index is 15.2. The number of rotatable bonds is 33. The molecule has 11 heteroatoms. The summed E-state index contributed by atoms with van der Waals surface area (Å²) in [5.74, 6) is 8.14. The van der Waals surface area contributed by atoms with Crippen LogP contribution in [-0.4, -0.2) is 19.3 Å². The van der Waals surface area contributed by atoms with E-state index in [1.807, 2.05) is 25.1 Å². The second-order valence-corrected chi connectivity index (χ2v) is 34.7. The number of benzene rings is 6. The molecule has 6 aromatic carbocycles. The van der Waals surface area contributed by atoms with Crippen LogP contribution in [0.15, 0.2) is 97.1 Å². The largest absolute Gasteiger partial charge is 0.491 e. The quantitative estimate of drug-likeness (QED) is 0.0233. The van der Waals surface area contributed by atoms with Crippen molar-refractivity contribution >= 4 is 46.4 Å². The predicted octanol–water partition coefficient (Wildman–Crippen LogP) is 33.1. The molecule has 110 heavy (non-hydrogen) atoms. The smallest absolute Gasteiger partial charge is 0.200 e. The fourth-order valence-electron chi connectivity index (χ4n) is 18.8. The van der Waals surface area contributed by atoms with Gasteiger partial charge in [-0.2, -0.15) is 4.39 Å². The number of halogens is 8. The molecular weight excluding hydrogens is 1450 g/mol. The number of terminal acetylenes is 1. The predicted molar refractivity (Wildman–Crippen MR) is 462 cm³/mol. The summed E-state index contributed by atoms with van der Waals surface area (Å²) < 4.78 is 74.6. The Morgan fingerprint density at radius 2 is 0.800 bits per heavy atom. The van der Waals surface area contributed by atoms with Gasteiger partial charge in [-0.25, -0.2) is 13.2 Å². The van der Waals surface area contributed by atoms with Crippen LogP contribution in [0.5, 0.6) is 17.2 Å². The van der Waals surface area contributed by atoms with Gasteiger partial charge in [0.25, 0.3) is 0 Å². The lowest BCUT2D eigenvalue weighted by atomic mass is 9.68. The topological polar surface area (TPSA) is 27.7 Å². The van der Waals surface area contributed by atoms with Crippen LogP contribution in [0, 0.1) is 77.0 Å². The molecule has 1 unspecified atom stereocenters. The maximum absolute atomic E-state index is 15.2. The van der Waals surface area contributed by atoms with Gasteiger partial charge in [-0.3, -0.25) is 0 Å². The second-order valence-electron chi connectivity index (χ2n) is 33.2. The van der Waals surface area contributed by atoms with Crippen molar-refractivity contribution in [1.82, 2.24) is 0 Å². The molecule has 1 atom stereocenters. The minimum Gasteiger partial charge on any atom is -0.491 e. The lowest BCUT2D eigenvalue weighted by molar-refractivity contribution is 0.155. The second kappa shape index (κ2) is 49.2. The molecular formula is C99H136Cl4F4O3. The first-order valence-corrected chi connectivity index (χ1v) is 45.5. The lowest BCUT2D eigenvalue weighted by Gasteiger charge is -2.38. The van der Waals surface area contributed by atoms with Crippen molar-refractivity contribution in [3.8, 4) is 51.8 Å². The van der Waals surface area contributed by atoms with E-state index >= 15 is 4.39 Å². The first kappa shape index (κ1) is 90.7. The van der Waals surface area contributed by atoms with E-state index in [1.54, 1.807) is 25.1 Å². The SMILES string of the molecule is C#CC(CCCCC)Oc1ccc(C2CCC(C3CCC(CCC)CC3)CC2)c(F)c1Cl.CCCC1CCC(C2CCC(c3ccc(OCC)c(F)c3F)CC2)CC1.CCCCC1CCC(c2ccc(OCCC)c(F)c2Cl)CC1.CCCCCc1ccc(-c2ccc(-c3ccc(CCCCC)c(Cl)c3Cl)cc2)cc1. The molecule has 11 rings (SSSR count). The zero-order valence-electron chi connectivity index (χ0n) is 68.6. The highest BCUT2D eigenvalue weighted by atomic mass is 35.5. The molecule has 5 aliphatic carbocycles. The molecule has 0 aliphatic heterocycles. The van der Waals surface area contributed by atoms with Gasteiger partial charge in [-0.15, -0.1) is 6.42 Å². The summed E-state index contributed by atoms with van der Waals surface area (Å²) >= 11 is 25.9. The van der Waals surface area contributed by atoms with E-state index < -0.39 is 11.6 Å². The number of hydrogen-bond acceptors (Lipinski definition) is 3. The molecule has 5 aliphatic rings. The molecule has 3 nitrogen and oxygen atoms in total. The molecule has 0 bridgehead atoms. The molecule has 0 radical (unpaired) electrons. The molecule has 0 aromatic heterocycles. The zero-order valence-corrected chi connectivity index (χ0v) is 71.6. The first-order valence-electron chi connectivity index (χ1n) is 44.0. The minimum atomic E-state index is -0.819. The lowest BCUT2D eigenvalue weighted by Crippen LogP contribution is -2.25. The Kier molecular flexibility index (Phi) is 40.5. The van der Waals surface area contributed by atoms with Gasteiger partial charge in [-0.1, -0.05) is 289 Å². The average molecular weight is 1590 g/mol. The molecule has 0 N–H and O–H groups in total. The van der Waals surface area contributed by atoms with Gasteiger partial charge in [0, 0.05) is 5.56 Å². The van der Waals surface area contributed by atoms with E-state index in [9.17, 15) is 13.2 Å². The maximum Gasteiger partial charge on any atom is 0.200 e. The molecule has 5 saturated carbocycles. The summed E-state index contributed by atoms with van der Waals surface area (Å²) in [6, 6.07) is 32.6. The summed E-state index contributed by atoms with van der Waals surface area (Å²) in [5.41, 5.74) is 9.41. The van der Waals surface area contributed by atoms with Crippen molar-refractivity contribution in [2.75, 3.05) is 13.2 Å². The van der Waals surface area contributed by atoms with Crippen LogP contribution in [0.3, 0.4) is 0 Å². The van der Waals surface area contributed by atoms with E-state index in [4.69, 9.17) is 67.0 Å². The fraction of sp³-hybridized carbons (Fsp3) is 0.616. The van der Waals surface area contributed by atoms with Crippen molar-refractivity contribution in [2.24, 2.45) is 41.4 Å². The Balaban J connectivity index is 0.000000186. The summed E-state index contributed by atoms with van der Waals surface area (Å²) in [4.78, 5) is 0. The van der Waals surface area contributed by atoms with Crippen molar-refractivity contribution < 1.29 is 31.8 Å². The normalized spacial score (nSPS) is 22.2.